The quantitative estimate of drug-likeness (QED) is 0.201. The summed E-state index contributed by atoms with van der Waals surface area (Å²) in [5.74, 6) is 1.30. The molecule has 0 fully saturated rings. The monoisotopic (exact) mass is 779 g/mol. The van der Waals surface area contributed by atoms with Crippen molar-refractivity contribution < 1.29 is 23.9 Å². The van der Waals surface area contributed by atoms with Crippen molar-refractivity contribution in [1.29, 1.82) is 0 Å². The number of carbonyl (C=O) groups excluding carboxylic acids is 4. The van der Waals surface area contributed by atoms with Crippen molar-refractivity contribution in [1.82, 2.24) is 24.6 Å². The fraction of sp³-hybridized carbons (Fsp3) is 0.400. The van der Waals surface area contributed by atoms with E-state index in [-0.39, 0.29) is 47.8 Å². The third-order valence-electron chi connectivity index (χ3n) is 10.4. The first-order valence-corrected chi connectivity index (χ1v) is 19.6. The summed E-state index contributed by atoms with van der Waals surface area (Å²) < 4.78 is 5.25. The van der Waals surface area contributed by atoms with Crippen molar-refractivity contribution in [3.8, 4) is 5.75 Å². The summed E-state index contributed by atoms with van der Waals surface area (Å²) in [4.78, 5) is 59.1. The largest absolute Gasteiger partial charge is 0.496 e. The van der Waals surface area contributed by atoms with Crippen LogP contribution < -0.4 is 4.74 Å². The van der Waals surface area contributed by atoms with Gasteiger partial charge in [0.05, 0.1) is 31.5 Å². The zero-order valence-corrected chi connectivity index (χ0v) is 35.0. The number of ether oxygens (including phenoxy) is 1. The van der Waals surface area contributed by atoms with Crippen molar-refractivity contribution in [2.45, 2.75) is 113 Å². The van der Waals surface area contributed by atoms with Gasteiger partial charge in [-0.15, -0.1) is 0 Å². The van der Waals surface area contributed by atoms with Crippen LogP contribution in [0.15, 0.2) is 72.9 Å². The zero-order valence-electron chi connectivity index (χ0n) is 34.2. The summed E-state index contributed by atoms with van der Waals surface area (Å²) in [6, 6.07) is 21.9. The highest BCUT2D eigenvalue weighted by molar-refractivity contribution is 6.32. The van der Waals surface area contributed by atoms with Gasteiger partial charge in [-0.05, 0) is 110 Å². The summed E-state index contributed by atoms with van der Waals surface area (Å²) in [6.07, 6.45) is 1.73. The van der Waals surface area contributed by atoms with E-state index in [0.717, 1.165) is 62.5 Å². The predicted octanol–water partition coefficient (Wildman–Crippen LogP) is 8.57. The Morgan fingerprint density at radius 1 is 0.571 bits per heavy atom. The third-order valence-corrected chi connectivity index (χ3v) is 10.8. The van der Waals surface area contributed by atoms with Gasteiger partial charge in [-0.3, -0.25) is 24.2 Å². The number of aryl methyl sites for hydroxylation is 1. The van der Waals surface area contributed by atoms with Crippen LogP contribution in [0.2, 0.25) is 5.02 Å². The van der Waals surface area contributed by atoms with Gasteiger partial charge in [0.15, 0.2) is 0 Å². The molecule has 8 rings (SSSR count). The standard InChI is InChI=1S/C12H15NO2.C12H15NO.C11H12ClNO.C10H12N2O/c1-8(2)13-7-10-9(12(13)14)5-4-6-11(10)15-3;1-8(2)13-7-10-5-4-9(3)6-11(10)12(13)14;1-7(2)13-6-9-8(11(13)14)4-3-5-10(9)12;1-7(2)12-6-9-8(10(12)13)4-3-5-11-9/h4-6,8H,7H2,1-3H3;4-6,8H,7H2,1-3H3;3-5,7H,6H2,1-2H3;3-5,7H,6H2,1-2H3. The minimum atomic E-state index is 0.0949. The Labute approximate surface area is 336 Å². The number of hydrogen-bond donors (Lipinski definition) is 0. The van der Waals surface area contributed by atoms with E-state index >= 15 is 0 Å². The topological polar surface area (TPSA) is 103 Å². The molecule has 0 spiro atoms. The first kappa shape index (κ1) is 41.9. The molecule has 1 aromatic heterocycles. The van der Waals surface area contributed by atoms with Crippen molar-refractivity contribution in [2.24, 2.45) is 0 Å². The highest BCUT2D eigenvalue weighted by atomic mass is 35.5. The van der Waals surface area contributed by atoms with Crippen molar-refractivity contribution in [2.75, 3.05) is 7.11 Å². The molecule has 296 valence electrons. The number of amides is 4. The van der Waals surface area contributed by atoms with E-state index < -0.39 is 0 Å². The molecule has 0 radical (unpaired) electrons. The van der Waals surface area contributed by atoms with E-state index in [2.05, 4.69) is 31.0 Å². The lowest BCUT2D eigenvalue weighted by Gasteiger charge is -2.19. The van der Waals surface area contributed by atoms with Crippen LogP contribution in [0, 0.1) is 6.92 Å². The van der Waals surface area contributed by atoms with Crippen molar-refractivity contribution in [3.63, 3.8) is 0 Å². The molecule has 5 heterocycles. The van der Waals surface area contributed by atoms with Crippen LogP contribution in [0.4, 0.5) is 0 Å². The average molecular weight is 780 g/mol. The molecule has 0 bridgehead atoms. The highest BCUT2D eigenvalue weighted by Crippen LogP contribution is 2.32. The molecular formula is C45H54ClN5O5. The van der Waals surface area contributed by atoms with Gasteiger partial charge >= 0.3 is 0 Å². The Hall–Kier alpha value is -5.22. The van der Waals surface area contributed by atoms with Crippen LogP contribution in [0.1, 0.15) is 125 Å². The molecule has 0 atom stereocenters. The number of fused-ring (bicyclic) bond motifs is 4. The van der Waals surface area contributed by atoms with Gasteiger partial charge in [0.25, 0.3) is 23.6 Å². The maximum Gasteiger partial charge on any atom is 0.256 e. The molecule has 0 saturated heterocycles. The van der Waals surface area contributed by atoms with E-state index in [4.69, 9.17) is 16.3 Å². The number of carbonyl (C=O) groups is 4. The fourth-order valence-electron chi connectivity index (χ4n) is 7.09. The first-order valence-electron chi connectivity index (χ1n) is 19.3. The molecule has 3 aromatic carbocycles. The summed E-state index contributed by atoms with van der Waals surface area (Å²) in [7, 11) is 1.64. The van der Waals surface area contributed by atoms with Crippen molar-refractivity contribution in [3.05, 3.63) is 128 Å². The predicted molar refractivity (Wildman–Crippen MR) is 220 cm³/mol. The van der Waals surface area contributed by atoms with Crippen LogP contribution in [0.5, 0.6) is 5.75 Å². The molecule has 4 aliphatic heterocycles. The Balaban J connectivity index is 0.000000143. The minimum absolute atomic E-state index is 0.0949. The molecule has 56 heavy (non-hydrogen) atoms. The molecular weight excluding hydrogens is 726 g/mol. The van der Waals surface area contributed by atoms with Gasteiger partial charge in [0, 0.05) is 76.3 Å². The van der Waals surface area contributed by atoms with E-state index in [1.165, 1.54) is 0 Å². The number of pyridine rings is 1. The molecule has 4 aliphatic rings. The zero-order chi connectivity index (χ0) is 41.0. The van der Waals surface area contributed by atoms with Gasteiger partial charge in [-0.2, -0.15) is 0 Å². The minimum Gasteiger partial charge on any atom is -0.496 e. The number of rotatable bonds is 5. The number of halogens is 1. The number of methoxy groups -OCH3 is 1. The Bertz CT molecular complexity index is 2110. The van der Waals surface area contributed by atoms with Crippen LogP contribution in [-0.4, -0.2) is 79.5 Å². The smallest absolute Gasteiger partial charge is 0.256 e. The van der Waals surface area contributed by atoms with E-state index in [1.807, 2.05) is 117 Å². The fourth-order valence-corrected chi connectivity index (χ4v) is 7.32. The molecule has 0 saturated carbocycles. The number of aromatic nitrogens is 1. The normalized spacial score (nSPS) is 15.1. The second-order valence-electron chi connectivity index (χ2n) is 15.5. The molecule has 4 amide bonds. The molecule has 10 nitrogen and oxygen atoms in total. The molecule has 0 aliphatic carbocycles. The second-order valence-corrected chi connectivity index (χ2v) is 15.9. The molecule has 4 aromatic rings. The van der Waals surface area contributed by atoms with Crippen LogP contribution >= 0.6 is 11.6 Å². The molecule has 11 heteroatoms. The molecule has 0 unspecified atom stereocenters. The van der Waals surface area contributed by atoms with Crippen molar-refractivity contribution >= 4 is 35.2 Å². The van der Waals surface area contributed by atoms with E-state index in [9.17, 15) is 19.2 Å². The highest BCUT2D eigenvalue weighted by Gasteiger charge is 2.33. The Morgan fingerprint density at radius 2 is 1.05 bits per heavy atom. The van der Waals surface area contributed by atoms with Gasteiger partial charge < -0.3 is 24.3 Å². The van der Waals surface area contributed by atoms with Gasteiger partial charge in [0.2, 0.25) is 0 Å². The number of benzene rings is 3. The van der Waals surface area contributed by atoms with E-state index in [1.54, 1.807) is 19.4 Å². The van der Waals surface area contributed by atoms with E-state index in [0.29, 0.717) is 24.7 Å². The number of hydrogen-bond acceptors (Lipinski definition) is 6. The van der Waals surface area contributed by atoms with Gasteiger partial charge in [0.1, 0.15) is 5.75 Å². The summed E-state index contributed by atoms with van der Waals surface area (Å²) in [5, 5.41) is 0.694. The lowest BCUT2D eigenvalue weighted by atomic mass is 10.1. The third kappa shape index (κ3) is 8.76. The maximum atomic E-state index is 12.0. The lowest BCUT2D eigenvalue weighted by molar-refractivity contribution is 0.0722. The Morgan fingerprint density at radius 3 is 1.61 bits per heavy atom. The van der Waals surface area contributed by atoms with Gasteiger partial charge in [-0.1, -0.05) is 41.4 Å². The average Bonchev–Trinajstić information content (AvgIpc) is 3.90. The van der Waals surface area contributed by atoms with Gasteiger partial charge in [-0.25, -0.2) is 0 Å². The second kappa shape index (κ2) is 17.7. The molecule has 0 N–H and O–H groups in total. The number of nitrogens with zero attached hydrogens (tertiary/aromatic N) is 5. The first-order chi connectivity index (χ1) is 26.5. The summed E-state index contributed by atoms with van der Waals surface area (Å²) in [6.45, 7) is 21.0. The maximum absolute atomic E-state index is 12.0. The van der Waals surface area contributed by atoms with Crippen LogP contribution in [0.3, 0.4) is 0 Å². The SMILES string of the molecule is CC(C)N1Cc2c(Cl)cccc2C1=O.CC(C)N1Cc2ncccc2C1=O.COc1cccc2c1CN(C(C)C)C2=O.Cc1ccc2c(c1)C(=O)N(C(C)C)C2. The Kier molecular flexibility index (Phi) is 13.3. The summed E-state index contributed by atoms with van der Waals surface area (Å²) in [5.41, 5.74) is 8.38. The lowest BCUT2D eigenvalue weighted by Crippen LogP contribution is -2.30. The van der Waals surface area contributed by atoms with Crippen LogP contribution in [0.25, 0.3) is 0 Å². The van der Waals surface area contributed by atoms with Crippen LogP contribution in [-0.2, 0) is 26.2 Å². The summed E-state index contributed by atoms with van der Waals surface area (Å²) >= 11 is 6.03.